The number of nitrogens with one attached hydrogen (secondary N) is 1. The van der Waals surface area contributed by atoms with E-state index in [9.17, 15) is 0 Å². The van der Waals surface area contributed by atoms with E-state index < -0.39 is 0 Å². The van der Waals surface area contributed by atoms with E-state index in [1.807, 2.05) is 0 Å². The van der Waals surface area contributed by atoms with Crippen LogP contribution >= 0.6 is 11.6 Å². The standard InChI is InChI=1S/C25H23ClN2O/c1-29-23-15-17(11-12-22(23)25-27-13-14-28-25)19-8-4-10-21(24(19)26)20-9-3-6-16-5-2-7-18(16)20/h3-4,6,8-12,15H,2,5,7,13-14H2,1H3,(H,27,28). The van der Waals surface area contributed by atoms with Crippen molar-refractivity contribution in [3.63, 3.8) is 0 Å². The lowest BCUT2D eigenvalue weighted by Gasteiger charge is -2.15. The summed E-state index contributed by atoms with van der Waals surface area (Å²) in [5, 5.41) is 4.11. The smallest absolute Gasteiger partial charge is 0.132 e. The van der Waals surface area contributed by atoms with Crippen molar-refractivity contribution in [2.24, 2.45) is 4.99 Å². The van der Waals surface area contributed by atoms with E-state index in [1.54, 1.807) is 7.11 Å². The van der Waals surface area contributed by atoms with Crippen LogP contribution in [0.4, 0.5) is 0 Å². The SMILES string of the molecule is COc1cc(-c2cccc(-c3cccc4c3CCC4)c2Cl)ccc1C1=NCCN1. The van der Waals surface area contributed by atoms with Crippen LogP contribution in [0.2, 0.25) is 5.02 Å². The number of benzene rings is 3. The zero-order chi connectivity index (χ0) is 19.8. The maximum atomic E-state index is 6.97. The molecule has 5 rings (SSSR count). The fourth-order valence-corrected chi connectivity index (χ4v) is 4.80. The number of aliphatic imine (C=N–C) groups is 1. The van der Waals surface area contributed by atoms with Crippen molar-refractivity contribution >= 4 is 17.4 Å². The number of hydrogen-bond acceptors (Lipinski definition) is 3. The average molecular weight is 403 g/mol. The van der Waals surface area contributed by atoms with Gasteiger partial charge in [0.2, 0.25) is 0 Å². The minimum Gasteiger partial charge on any atom is -0.496 e. The van der Waals surface area contributed by atoms with Crippen molar-refractivity contribution in [2.75, 3.05) is 20.2 Å². The first-order valence-corrected chi connectivity index (χ1v) is 10.5. The molecule has 1 aliphatic carbocycles. The van der Waals surface area contributed by atoms with Crippen molar-refractivity contribution in [1.82, 2.24) is 5.32 Å². The molecule has 4 heteroatoms. The van der Waals surface area contributed by atoms with Crippen molar-refractivity contribution in [2.45, 2.75) is 19.3 Å². The van der Waals surface area contributed by atoms with Crippen LogP contribution in [0.5, 0.6) is 5.75 Å². The molecule has 3 aromatic rings. The van der Waals surface area contributed by atoms with Crippen molar-refractivity contribution in [3.05, 3.63) is 76.3 Å². The molecule has 0 spiro atoms. The molecule has 29 heavy (non-hydrogen) atoms. The Morgan fingerprint density at radius 1 is 0.931 bits per heavy atom. The molecular weight excluding hydrogens is 380 g/mol. The Morgan fingerprint density at radius 2 is 1.76 bits per heavy atom. The number of nitrogens with zero attached hydrogens (tertiary/aromatic N) is 1. The summed E-state index contributed by atoms with van der Waals surface area (Å²) in [7, 11) is 1.70. The molecule has 0 bridgehead atoms. The Kier molecular flexibility index (Phi) is 4.76. The van der Waals surface area contributed by atoms with Gasteiger partial charge < -0.3 is 10.1 Å². The topological polar surface area (TPSA) is 33.6 Å². The van der Waals surface area contributed by atoms with Crippen LogP contribution < -0.4 is 10.1 Å². The van der Waals surface area contributed by atoms with Crippen LogP contribution in [0, 0.1) is 0 Å². The first-order chi connectivity index (χ1) is 14.3. The number of ether oxygens (including phenoxy) is 1. The zero-order valence-electron chi connectivity index (χ0n) is 16.5. The molecule has 0 amide bonds. The molecule has 0 fully saturated rings. The quantitative estimate of drug-likeness (QED) is 0.623. The van der Waals surface area contributed by atoms with Crippen molar-refractivity contribution in [1.29, 1.82) is 0 Å². The molecule has 0 atom stereocenters. The third kappa shape index (κ3) is 3.20. The fraction of sp³-hybridized carbons (Fsp3) is 0.240. The number of aryl methyl sites for hydroxylation is 1. The number of fused-ring (bicyclic) bond motifs is 1. The molecule has 1 N–H and O–H groups in total. The molecule has 0 unspecified atom stereocenters. The van der Waals surface area contributed by atoms with Gasteiger partial charge >= 0.3 is 0 Å². The Bertz CT molecular complexity index is 1120. The predicted molar refractivity (Wildman–Crippen MR) is 120 cm³/mol. The van der Waals surface area contributed by atoms with Crippen LogP contribution in [0.15, 0.2) is 59.6 Å². The average Bonchev–Trinajstić information content (AvgIpc) is 3.45. The van der Waals surface area contributed by atoms with Gasteiger partial charge in [-0.3, -0.25) is 4.99 Å². The first-order valence-electron chi connectivity index (χ1n) is 10.1. The normalized spacial score (nSPS) is 15.0. The Balaban J connectivity index is 1.60. The van der Waals surface area contributed by atoms with Crippen LogP contribution in [0.25, 0.3) is 22.3 Å². The van der Waals surface area contributed by atoms with E-state index in [1.165, 1.54) is 23.1 Å². The third-order valence-electron chi connectivity index (χ3n) is 5.88. The van der Waals surface area contributed by atoms with Gasteiger partial charge in [0.1, 0.15) is 11.6 Å². The maximum Gasteiger partial charge on any atom is 0.132 e. The van der Waals surface area contributed by atoms with Crippen molar-refractivity contribution < 1.29 is 4.74 Å². The van der Waals surface area contributed by atoms with Crippen LogP contribution in [0.1, 0.15) is 23.1 Å². The molecule has 2 aliphatic rings. The van der Waals surface area contributed by atoms with E-state index in [0.717, 1.165) is 64.8 Å². The second kappa shape index (κ2) is 7.57. The molecule has 3 aromatic carbocycles. The summed E-state index contributed by atoms with van der Waals surface area (Å²) in [5.74, 6) is 1.70. The van der Waals surface area contributed by atoms with Gasteiger partial charge in [-0.1, -0.05) is 54.1 Å². The van der Waals surface area contributed by atoms with E-state index in [4.69, 9.17) is 16.3 Å². The summed E-state index contributed by atoms with van der Waals surface area (Å²) in [6.07, 6.45) is 3.51. The summed E-state index contributed by atoms with van der Waals surface area (Å²) in [6.45, 7) is 1.67. The molecule has 1 heterocycles. The maximum absolute atomic E-state index is 6.97. The van der Waals surface area contributed by atoms with Gasteiger partial charge in [-0.05, 0) is 53.6 Å². The highest BCUT2D eigenvalue weighted by Gasteiger charge is 2.19. The lowest BCUT2D eigenvalue weighted by Crippen LogP contribution is -2.20. The van der Waals surface area contributed by atoms with Gasteiger partial charge in [0.25, 0.3) is 0 Å². The Labute approximate surface area is 176 Å². The fourth-order valence-electron chi connectivity index (χ4n) is 4.47. The lowest BCUT2D eigenvalue weighted by atomic mass is 9.93. The summed E-state index contributed by atoms with van der Waals surface area (Å²) in [5.41, 5.74) is 8.33. The number of methoxy groups -OCH3 is 1. The van der Waals surface area contributed by atoms with Crippen LogP contribution in [-0.4, -0.2) is 26.0 Å². The van der Waals surface area contributed by atoms with Gasteiger partial charge in [0.05, 0.1) is 24.2 Å². The molecule has 1 aliphatic heterocycles. The minimum atomic E-state index is 0.791. The number of hydrogen-bond donors (Lipinski definition) is 1. The predicted octanol–water partition coefficient (Wildman–Crippen LogP) is 5.52. The van der Waals surface area contributed by atoms with E-state index in [-0.39, 0.29) is 0 Å². The van der Waals surface area contributed by atoms with Crippen LogP contribution in [-0.2, 0) is 12.8 Å². The minimum absolute atomic E-state index is 0.791. The number of amidine groups is 1. The largest absolute Gasteiger partial charge is 0.496 e. The Hall–Kier alpha value is -2.78. The second-order valence-corrected chi connectivity index (χ2v) is 7.91. The van der Waals surface area contributed by atoms with Gasteiger partial charge in [-0.2, -0.15) is 0 Å². The molecule has 3 nitrogen and oxygen atoms in total. The highest BCUT2D eigenvalue weighted by Crippen LogP contribution is 2.41. The highest BCUT2D eigenvalue weighted by atomic mass is 35.5. The first kappa shape index (κ1) is 18.3. The number of rotatable bonds is 4. The molecule has 0 saturated heterocycles. The second-order valence-electron chi connectivity index (χ2n) is 7.54. The summed E-state index contributed by atoms with van der Waals surface area (Å²) < 4.78 is 5.67. The summed E-state index contributed by atoms with van der Waals surface area (Å²) in [6, 6.07) is 19.1. The van der Waals surface area contributed by atoms with Gasteiger partial charge in [0.15, 0.2) is 0 Å². The number of halogens is 1. The molecule has 0 aromatic heterocycles. The molecular formula is C25H23ClN2O. The third-order valence-corrected chi connectivity index (χ3v) is 6.28. The van der Waals surface area contributed by atoms with Gasteiger partial charge in [-0.15, -0.1) is 0 Å². The van der Waals surface area contributed by atoms with Crippen molar-refractivity contribution in [3.8, 4) is 28.0 Å². The van der Waals surface area contributed by atoms with Gasteiger partial charge in [0, 0.05) is 17.7 Å². The zero-order valence-corrected chi connectivity index (χ0v) is 17.2. The van der Waals surface area contributed by atoms with E-state index in [0.29, 0.717) is 0 Å². The van der Waals surface area contributed by atoms with E-state index >= 15 is 0 Å². The Morgan fingerprint density at radius 3 is 2.59 bits per heavy atom. The molecule has 0 saturated carbocycles. The molecule has 146 valence electrons. The summed E-state index contributed by atoms with van der Waals surface area (Å²) in [4.78, 5) is 4.52. The highest BCUT2D eigenvalue weighted by molar-refractivity contribution is 6.36. The van der Waals surface area contributed by atoms with E-state index in [2.05, 4.69) is 64.9 Å². The lowest BCUT2D eigenvalue weighted by molar-refractivity contribution is 0.414. The summed E-state index contributed by atoms with van der Waals surface area (Å²) >= 11 is 6.97. The van der Waals surface area contributed by atoms with Crippen LogP contribution in [0.3, 0.4) is 0 Å². The molecule has 0 radical (unpaired) electrons. The van der Waals surface area contributed by atoms with Gasteiger partial charge in [-0.25, -0.2) is 0 Å². The monoisotopic (exact) mass is 402 g/mol.